The zero-order valence-corrected chi connectivity index (χ0v) is 9.73. The van der Waals surface area contributed by atoms with Crippen LogP contribution in [0.15, 0.2) is 18.2 Å². The quantitative estimate of drug-likeness (QED) is 0.603. The monoisotopic (exact) mass is 254 g/mol. The van der Waals surface area contributed by atoms with Gasteiger partial charge in [-0.25, -0.2) is 0 Å². The Morgan fingerprint density at radius 3 is 2.56 bits per heavy atom. The Balaban J connectivity index is 0.000000357. The third-order valence-electron chi connectivity index (χ3n) is 2.04. The molecule has 0 atom stereocenters. The maximum Gasteiger partial charge on any atom is 0.314 e. The number of carboxylic acids is 1. The van der Waals surface area contributed by atoms with E-state index in [0.717, 1.165) is 18.7 Å². The summed E-state index contributed by atoms with van der Waals surface area (Å²) in [5.41, 5.74) is 0.885. The van der Waals surface area contributed by atoms with Crippen molar-refractivity contribution in [2.24, 2.45) is 0 Å². The third-order valence-corrected chi connectivity index (χ3v) is 2.04. The van der Waals surface area contributed by atoms with E-state index in [1.165, 1.54) is 6.07 Å². The molecule has 0 aliphatic rings. The molecule has 0 saturated carbocycles. The smallest absolute Gasteiger partial charge is 0.314 e. The number of rotatable bonds is 1. The summed E-state index contributed by atoms with van der Waals surface area (Å²) in [6, 6.07) is 4.15. The summed E-state index contributed by atoms with van der Waals surface area (Å²) in [5.74, 6) is -1.64. The highest BCUT2D eigenvalue weighted by Gasteiger charge is 2.19. The maximum absolute atomic E-state index is 13.1. The number of nitrogens with one attached hydrogen (secondary N) is 1. The fourth-order valence-corrected chi connectivity index (χ4v) is 1.49. The number of hydrogen-bond donors (Lipinski definition) is 2. The van der Waals surface area contributed by atoms with Crippen LogP contribution in [0.4, 0.5) is 10.1 Å². The Morgan fingerprint density at radius 1 is 1.50 bits per heavy atom. The number of H-pyrrole nitrogens is 1. The van der Waals surface area contributed by atoms with E-state index in [1.807, 2.05) is 0 Å². The lowest BCUT2D eigenvalue weighted by atomic mass is 10.2. The molecule has 0 radical (unpaired) electrons. The van der Waals surface area contributed by atoms with Gasteiger partial charge in [-0.3, -0.25) is 14.9 Å². The fourth-order valence-electron chi connectivity index (χ4n) is 1.49. The number of carbonyl (C=O) groups is 1. The molecule has 2 rings (SSSR count). The van der Waals surface area contributed by atoms with E-state index in [-0.39, 0.29) is 0 Å². The van der Waals surface area contributed by atoms with Gasteiger partial charge in [0.2, 0.25) is 5.82 Å². The van der Waals surface area contributed by atoms with Crippen molar-refractivity contribution >= 4 is 22.6 Å². The Morgan fingerprint density at radius 2 is 2.06 bits per heavy atom. The van der Waals surface area contributed by atoms with Crippen molar-refractivity contribution in [3.8, 4) is 0 Å². The van der Waals surface area contributed by atoms with Crippen LogP contribution in [0.3, 0.4) is 0 Å². The highest BCUT2D eigenvalue weighted by Crippen LogP contribution is 2.28. The second kappa shape index (κ2) is 5.26. The van der Waals surface area contributed by atoms with Gasteiger partial charge in [0.05, 0.1) is 15.8 Å². The normalized spacial score (nSPS) is 9.72. The first-order valence-electron chi connectivity index (χ1n) is 4.94. The van der Waals surface area contributed by atoms with E-state index in [4.69, 9.17) is 9.90 Å². The number of nitro benzene ring substituents is 1. The van der Waals surface area contributed by atoms with Gasteiger partial charge in [-0.2, -0.15) is 4.39 Å². The molecule has 0 aliphatic carbocycles. The summed E-state index contributed by atoms with van der Waals surface area (Å²) in [5, 5.41) is 18.3. The maximum atomic E-state index is 13.1. The molecule has 6 nitrogen and oxygen atoms in total. The van der Waals surface area contributed by atoms with Crippen molar-refractivity contribution in [3.05, 3.63) is 39.8 Å². The lowest BCUT2D eigenvalue weighted by molar-refractivity contribution is -0.385. The molecule has 2 aromatic rings. The summed E-state index contributed by atoms with van der Waals surface area (Å²) in [7, 11) is 0. The number of benzene rings is 1. The van der Waals surface area contributed by atoms with Gasteiger partial charge >= 0.3 is 5.69 Å². The molecule has 0 amide bonds. The van der Waals surface area contributed by atoms with Crippen molar-refractivity contribution in [3.63, 3.8) is 0 Å². The van der Waals surface area contributed by atoms with Gasteiger partial charge in [0.15, 0.2) is 0 Å². The van der Waals surface area contributed by atoms with Gasteiger partial charge in [0.25, 0.3) is 5.97 Å². The number of halogens is 1. The summed E-state index contributed by atoms with van der Waals surface area (Å²) in [4.78, 5) is 21.8. The second-order valence-electron chi connectivity index (χ2n) is 3.59. The van der Waals surface area contributed by atoms with Gasteiger partial charge in [0.1, 0.15) is 0 Å². The minimum atomic E-state index is -0.833. The Labute approximate surface area is 101 Å². The number of aliphatic carboxylic acids is 1. The first-order chi connectivity index (χ1) is 8.32. The third kappa shape index (κ3) is 3.03. The minimum absolute atomic E-state index is 0.313. The van der Waals surface area contributed by atoms with Gasteiger partial charge in [-0.05, 0) is 25.1 Å². The van der Waals surface area contributed by atoms with E-state index in [9.17, 15) is 14.5 Å². The van der Waals surface area contributed by atoms with Crippen LogP contribution in [0.2, 0.25) is 0 Å². The summed E-state index contributed by atoms with van der Waals surface area (Å²) < 4.78 is 13.1. The van der Waals surface area contributed by atoms with E-state index >= 15 is 0 Å². The largest absolute Gasteiger partial charge is 0.481 e. The van der Waals surface area contributed by atoms with Crippen molar-refractivity contribution in [1.82, 2.24) is 4.98 Å². The molecular formula is C11H11FN2O4. The predicted octanol–water partition coefficient (Wildman–Crippen LogP) is 2.61. The first kappa shape index (κ1) is 13.6. The van der Waals surface area contributed by atoms with E-state index in [1.54, 1.807) is 13.0 Å². The van der Waals surface area contributed by atoms with Crippen LogP contribution in [-0.2, 0) is 4.79 Å². The average molecular weight is 254 g/mol. The Kier molecular flexibility index (Phi) is 3.98. The number of fused-ring (bicyclic) bond motifs is 1. The molecule has 0 saturated heterocycles. The van der Waals surface area contributed by atoms with Gasteiger partial charge in [0, 0.05) is 12.6 Å². The summed E-state index contributed by atoms with van der Waals surface area (Å²) >= 11 is 0. The second-order valence-corrected chi connectivity index (χ2v) is 3.59. The molecule has 0 aliphatic heterocycles. The Hall–Kier alpha value is -2.44. The van der Waals surface area contributed by atoms with E-state index < -0.39 is 22.4 Å². The lowest BCUT2D eigenvalue weighted by Crippen LogP contribution is -1.92. The standard InChI is InChI=1S/C9H7FN2O2.C2H4O2/c1-5-4-6-8(11-5)3-2-7(10)9(6)12(13)14;1-2(3)4/h2-4,11H,1H3;1H3,(H,3,4). The molecule has 1 heterocycles. The molecular weight excluding hydrogens is 243 g/mol. The van der Waals surface area contributed by atoms with Crippen molar-refractivity contribution in [1.29, 1.82) is 0 Å². The van der Waals surface area contributed by atoms with Crippen LogP contribution in [0, 0.1) is 22.9 Å². The fraction of sp³-hybridized carbons (Fsp3) is 0.182. The van der Waals surface area contributed by atoms with Crippen LogP contribution in [-0.4, -0.2) is 21.0 Å². The molecule has 0 fully saturated rings. The van der Waals surface area contributed by atoms with E-state index in [2.05, 4.69) is 4.98 Å². The number of aryl methyl sites for hydroxylation is 1. The summed E-state index contributed by atoms with van der Waals surface area (Å²) in [6.45, 7) is 2.85. The molecule has 2 N–H and O–H groups in total. The molecule has 18 heavy (non-hydrogen) atoms. The van der Waals surface area contributed by atoms with Crippen molar-refractivity contribution < 1.29 is 19.2 Å². The van der Waals surface area contributed by atoms with E-state index in [0.29, 0.717) is 10.9 Å². The number of hydrogen-bond acceptors (Lipinski definition) is 3. The predicted molar refractivity (Wildman–Crippen MR) is 63.0 cm³/mol. The first-order valence-corrected chi connectivity index (χ1v) is 4.94. The van der Waals surface area contributed by atoms with Crippen LogP contribution in [0.1, 0.15) is 12.6 Å². The van der Waals surface area contributed by atoms with Crippen molar-refractivity contribution in [2.45, 2.75) is 13.8 Å². The number of aromatic nitrogens is 1. The summed E-state index contributed by atoms with van der Waals surface area (Å²) in [6.07, 6.45) is 0. The van der Waals surface area contributed by atoms with Crippen molar-refractivity contribution in [2.75, 3.05) is 0 Å². The van der Waals surface area contributed by atoms with Gasteiger partial charge in [-0.1, -0.05) is 0 Å². The lowest BCUT2D eigenvalue weighted by Gasteiger charge is -1.94. The SMILES string of the molecule is CC(=O)O.Cc1cc2c([N+](=O)[O-])c(F)ccc2[nH]1. The van der Waals surface area contributed by atoms with Crippen LogP contribution >= 0.6 is 0 Å². The molecule has 1 aromatic carbocycles. The molecule has 0 bridgehead atoms. The number of nitro groups is 1. The highest BCUT2D eigenvalue weighted by molar-refractivity contribution is 5.89. The topological polar surface area (TPSA) is 96.2 Å². The molecule has 96 valence electrons. The van der Waals surface area contributed by atoms with Crippen LogP contribution in [0.25, 0.3) is 10.9 Å². The minimum Gasteiger partial charge on any atom is -0.481 e. The van der Waals surface area contributed by atoms with Gasteiger partial charge in [-0.15, -0.1) is 0 Å². The van der Waals surface area contributed by atoms with Gasteiger partial charge < -0.3 is 10.1 Å². The number of aromatic amines is 1. The highest BCUT2D eigenvalue weighted by atomic mass is 19.1. The molecule has 0 unspecified atom stereocenters. The van der Waals surface area contributed by atoms with Crippen LogP contribution < -0.4 is 0 Å². The molecule has 1 aromatic heterocycles. The van der Waals surface area contributed by atoms with Crippen LogP contribution in [0.5, 0.6) is 0 Å². The number of nitrogens with zero attached hydrogens (tertiary/aromatic N) is 1. The zero-order valence-electron chi connectivity index (χ0n) is 9.73. The molecule has 7 heteroatoms. The Bertz CT molecular complexity index is 602. The molecule has 0 spiro atoms. The number of carboxylic acid groups (broad SMARTS) is 1. The average Bonchev–Trinajstić information content (AvgIpc) is 2.56. The zero-order chi connectivity index (χ0) is 13.9.